The molecule has 0 atom stereocenters. The Kier molecular flexibility index (Phi) is 3.62. The van der Waals surface area contributed by atoms with Crippen molar-refractivity contribution < 1.29 is 0 Å². The molecule has 0 heterocycles. The molecule has 0 N–H and O–H groups in total. The van der Waals surface area contributed by atoms with E-state index >= 15 is 0 Å². The summed E-state index contributed by atoms with van der Waals surface area (Å²) in [4.78, 5) is 0. The zero-order chi connectivity index (χ0) is 11.4. The average Bonchev–Trinajstić information content (AvgIpc) is 2.39. The molecule has 0 unspecified atom stereocenters. The number of rotatable bonds is 2. The van der Waals surface area contributed by atoms with Crippen LogP contribution in [0.15, 0.2) is 24.3 Å². The Balaban J connectivity index is 2.00. The number of nitrogens with zero attached hydrogens (tertiary/aromatic N) is 1. The van der Waals surface area contributed by atoms with Crippen molar-refractivity contribution in [3.63, 3.8) is 0 Å². The van der Waals surface area contributed by atoms with Crippen LogP contribution in [0.25, 0.3) is 0 Å². The van der Waals surface area contributed by atoms with Crippen LogP contribution in [-0.2, 0) is 6.42 Å². The van der Waals surface area contributed by atoms with Gasteiger partial charge < -0.3 is 0 Å². The molecule has 0 bridgehead atoms. The van der Waals surface area contributed by atoms with Gasteiger partial charge in [0.25, 0.3) is 0 Å². The first-order valence-corrected chi connectivity index (χ1v) is 6.32. The lowest BCUT2D eigenvalue weighted by Gasteiger charge is -2.25. The molecular formula is C15H19N. The maximum absolute atomic E-state index is 8.87. The number of benzene rings is 1. The van der Waals surface area contributed by atoms with Gasteiger partial charge in [0.2, 0.25) is 0 Å². The van der Waals surface area contributed by atoms with Crippen molar-refractivity contribution >= 4 is 0 Å². The molecule has 1 aromatic carbocycles. The molecule has 0 radical (unpaired) electrons. The first-order chi connectivity index (χ1) is 7.83. The Hall–Kier alpha value is -1.29. The lowest BCUT2D eigenvalue weighted by atomic mass is 9.79. The molecule has 1 saturated carbocycles. The van der Waals surface area contributed by atoms with E-state index in [4.69, 9.17) is 5.26 Å². The van der Waals surface area contributed by atoms with Crippen LogP contribution in [0.4, 0.5) is 0 Å². The molecular weight excluding hydrogens is 194 g/mol. The lowest BCUT2D eigenvalue weighted by molar-refractivity contribution is 0.382. The van der Waals surface area contributed by atoms with Crippen LogP contribution >= 0.6 is 0 Å². The van der Waals surface area contributed by atoms with Crippen molar-refractivity contribution in [1.82, 2.24) is 0 Å². The van der Waals surface area contributed by atoms with Crippen molar-refractivity contribution in [2.75, 3.05) is 0 Å². The van der Waals surface area contributed by atoms with E-state index in [9.17, 15) is 0 Å². The van der Waals surface area contributed by atoms with Gasteiger partial charge in [0.1, 0.15) is 0 Å². The van der Waals surface area contributed by atoms with Crippen LogP contribution in [0.2, 0.25) is 0 Å². The summed E-state index contributed by atoms with van der Waals surface area (Å²) in [5.74, 6) is 1.00. The molecule has 2 rings (SSSR count). The van der Waals surface area contributed by atoms with Crippen LogP contribution in [-0.4, -0.2) is 0 Å². The van der Waals surface area contributed by atoms with Gasteiger partial charge in [-0.2, -0.15) is 5.26 Å². The maximum Gasteiger partial charge on any atom is 0.0655 e. The Bertz CT molecular complexity index is 363. The summed E-state index contributed by atoms with van der Waals surface area (Å²) in [6.07, 6.45) is 5.64. The molecule has 1 nitrogen and oxygen atoms in total. The zero-order valence-electron chi connectivity index (χ0n) is 9.95. The second-order valence-corrected chi connectivity index (χ2v) is 4.77. The molecule has 1 heteroatoms. The molecule has 84 valence electrons. The summed E-state index contributed by atoms with van der Waals surface area (Å²) >= 11 is 0. The third-order valence-corrected chi connectivity index (χ3v) is 3.77. The molecule has 0 saturated heterocycles. The van der Waals surface area contributed by atoms with Crippen molar-refractivity contribution in [3.8, 4) is 6.07 Å². The number of hydrogen-bond acceptors (Lipinski definition) is 1. The zero-order valence-corrected chi connectivity index (χ0v) is 9.95. The highest BCUT2D eigenvalue weighted by atomic mass is 14.3. The summed E-state index contributed by atoms with van der Waals surface area (Å²) in [5, 5.41) is 8.87. The van der Waals surface area contributed by atoms with E-state index in [1.54, 1.807) is 0 Å². The second kappa shape index (κ2) is 5.16. The highest BCUT2D eigenvalue weighted by molar-refractivity contribution is 5.25. The topological polar surface area (TPSA) is 23.8 Å². The fourth-order valence-corrected chi connectivity index (χ4v) is 2.58. The molecule has 1 fully saturated rings. The summed E-state index contributed by atoms with van der Waals surface area (Å²) in [7, 11) is 0. The van der Waals surface area contributed by atoms with Crippen molar-refractivity contribution in [2.24, 2.45) is 5.92 Å². The minimum absolute atomic E-state index is 0.311. The van der Waals surface area contributed by atoms with E-state index in [1.165, 1.54) is 24.0 Å². The fourth-order valence-electron chi connectivity index (χ4n) is 2.58. The van der Waals surface area contributed by atoms with E-state index in [0.717, 1.165) is 19.3 Å². The van der Waals surface area contributed by atoms with Crippen LogP contribution < -0.4 is 0 Å². The monoisotopic (exact) mass is 213 g/mol. The van der Waals surface area contributed by atoms with Crippen molar-refractivity contribution in [1.29, 1.82) is 5.26 Å². The Labute approximate surface area is 98.1 Å². The summed E-state index contributed by atoms with van der Waals surface area (Å²) in [5.41, 5.74) is 2.88. The average molecular weight is 213 g/mol. The number of hydrogen-bond donors (Lipinski definition) is 0. The number of nitriles is 1. The first-order valence-electron chi connectivity index (χ1n) is 6.32. The fraction of sp³-hybridized carbons (Fsp3) is 0.533. The molecule has 0 amide bonds. The molecule has 16 heavy (non-hydrogen) atoms. The van der Waals surface area contributed by atoms with E-state index < -0.39 is 0 Å². The molecule has 0 aromatic heterocycles. The van der Waals surface area contributed by atoms with Crippen LogP contribution in [0.5, 0.6) is 0 Å². The van der Waals surface area contributed by atoms with E-state index in [-0.39, 0.29) is 0 Å². The Morgan fingerprint density at radius 1 is 1.12 bits per heavy atom. The van der Waals surface area contributed by atoms with Gasteiger partial charge in [0, 0.05) is 5.92 Å². The third-order valence-electron chi connectivity index (χ3n) is 3.77. The van der Waals surface area contributed by atoms with Gasteiger partial charge in [0.15, 0.2) is 0 Å². The van der Waals surface area contributed by atoms with E-state index in [2.05, 4.69) is 37.3 Å². The van der Waals surface area contributed by atoms with Crippen molar-refractivity contribution in [3.05, 3.63) is 35.4 Å². The standard InChI is InChI=1S/C15H19N/c1-2-12-3-7-14(8-4-12)15-9-5-13(11-16)6-10-15/h3-4,7-8,13,15H,2,5-6,9-10H2,1H3. The first kappa shape index (κ1) is 11.2. The van der Waals surface area contributed by atoms with Gasteiger partial charge in [-0.15, -0.1) is 0 Å². The van der Waals surface area contributed by atoms with Gasteiger partial charge in [-0.05, 0) is 49.1 Å². The highest BCUT2D eigenvalue weighted by Crippen LogP contribution is 2.35. The summed E-state index contributed by atoms with van der Waals surface area (Å²) in [6.45, 7) is 2.19. The van der Waals surface area contributed by atoms with E-state index in [1.807, 2.05) is 0 Å². The third kappa shape index (κ3) is 2.44. The lowest BCUT2D eigenvalue weighted by Crippen LogP contribution is -2.11. The summed E-state index contributed by atoms with van der Waals surface area (Å²) in [6, 6.07) is 11.4. The highest BCUT2D eigenvalue weighted by Gasteiger charge is 2.21. The molecule has 1 aromatic rings. The van der Waals surface area contributed by atoms with Gasteiger partial charge in [-0.1, -0.05) is 31.2 Å². The van der Waals surface area contributed by atoms with Gasteiger partial charge in [-0.3, -0.25) is 0 Å². The smallest absolute Gasteiger partial charge is 0.0655 e. The quantitative estimate of drug-likeness (QED) is 0.727. The predicted molar refractivity (Wildman–Crippen MR) is 66.1 cm³/mol. The molecule has 0 spiro atoms. The predicted octanol–water partition coefficient (Wildman–Crippen LogP) is 4.05. The van der Waals surface area contributed by atoms with Crippen LogP contribution in [0, 0.1) is 17.2 Å². The minimum Gasteiger partial charge on any atom is -0.198 e. The largest absolute Gasteiger partial charge is 0.198 e. The minimum atomic E-state index is 0.311. The van der Waals surface area contributed by atoms with Gasteiger partial charge in [0.05, 0.1) is 6.07 Å². The van der Waals surface area contributed by atoms with Crippen LogP contribution in [0.3, 0.4) is 0 Å². The number of aryl methyl sites for hydroxylation is 1. The molecule has 1 aliphatic rings. The SMILES string of the molecule is CCc1ccc(C2CCC(C#N)CC2)cc1. The molecule has 0 aliphatic heterocycles. The summed E-state index contributed by atoms with van der Waals surface area (Å²) < 4.78 is 0. The Morgan fingerprint density at radius 2 is 1.75 bits per heavy atom. The normalized spacial score (nSPS) is 25.0. The van der Waals surface area contributed by atoms with E-state index in [0.29, 0.717) is 11.8 Å². The van der Waals surface area contributed by atoms with Gasteiger partial charge >= 0.3 is 0 Å². The van der Waals surface area contributed by atoms with Crippen molar-refractivity contribution in [2.45, 2.75) is 44.9 Å². The van der Waals surface area contributed by atoms with Crippen LogP contribution in [0.1, 0.15) is 49.7 Å². The molecule has 1 aliphatic carbocycles. The second-order valence-electron chi connectivity index (χ2n) is 4.77. The van der Waals surface area contributed by atoms with Gasteiger partial charge in [-0.25, -0.2) is 0 Å². The Morgan fingerprint density at radius 3 is 2.25 bits per heavy atom. The maximum atomic E-state index is 8.87.